The second-order valence-corrected chi connectivity index (χ2v) is 8.06. The molecule has 0 spiro atoms. The number of nitrogens with zero attached hydrogens (tertiary/aromatic N) is 3. The van der Waals surface area contributed by atoms with Gasteiger partial charge in [0.15, 0.2) is 23.2 Å². The summed E-state index contributed by atoms with van der Waals surface area (Å²) in [5.74, 6) is -4.98. The molecule has 0 N–H and O–H groups in total. The van der Waals surface area contributed by atoms with Crippen LogP contribution in [0, 0.1) is 17.5 Å². The zero-order chi connectivity index (χ0) is 22.3. The Bertz CT molecular complexity index is 944. The van der Waals surface area contributed by atoms with E-state index < -0.39 is 41.5 Å². The van der Waals surface area contributed by atoms with Gasteiger partial charge in [0.25, 0.3) is 0 Å². The van der Waals surface area contributed by atoms with Crippen LogP contribution in [0.4, 0.5) is 13.2 Å². The molecule has 168 valence electrons. The molecule has 1 aromatic heterocycles. The minimum absolute atomic E-state index is 0.0658. The van der Waals surface area contributed by atoms with Crippen LogP contribution in [-0.4, -0.2) is 58.9 Å². The van der Waals surface area contributed by atoms with Crippen LogP contribution in [-0.2, 0) is 18.9 Å². The van der Waals surface area contributed by atoms with Gasteiger partial charge in [-0.05, 0) is 32.4 Å². The Morgan fingerprint density at radius 3 is 2.65 bits per heavy atom. The lowest BCUT2D eigenvalue weighted by molar-refractivity contribution is -0.349. The van der Waals surface area contributed by atoms with E-state index in [0.29, 0.717) is 13.0 Å². The Morgan fingerprint density at radius 1 is 1.29 bits per heavy atom. The second kappa shape index (κ2) is 8.34. The van der Waals surface area contributed by atoms with Gasteiger partial charge in [-0.2, -0.15) is 0 Å². The Labute approximate surface area is 177 Å². The highest BCUT2D eigenvalue weighted by atomic mass is 19.2. The van der Waals surface area contributed by atoms with Gasteiger partial charge in [-0.15, -0.1) is 11.7 Å². The van der Waals surface area contributed by atoms with Gasteiger partial charge in [-0.3, -0.25) is 0 Å². The first-order chi connectivity index (χ1) is 14.7. The molecule has 4 rings (SSSR count). The minimum atomic E-state index is -1.53. The standard InChI is InChI=1S/C21H24F3N3O4/c1-5-6-15-19(28-4)18(20-16(30-15)10-29-21(2,3)31-20)27-9-14(25-26-27)11-7-12(22)17(24)13(23)8-11/h5,7-9,15-16,18-20H,1,6,10H2,2-4H3/t15-,16-,18-,19+,20+/m1/s1. The molecule has 2 aromatic rings. The van der Waals surface area contributed by atoms with Crippen LogP contribution in [0.15, 0.2) is 31.0 Å². The van der Waals surface area contributed by atoms with Gasteiger partial charge >= 0.3 is 0 Å². The van der Waals surface area contributed by atoms with E-state index in [2.05, 4.69) is 16.9 Å². The molecule has 0 radical (unpaired) electrons. The van der Waals surface area contributed by atoms with Crippen LogP contribution in [0.25, 0.3) is 11.3 Å². The highest BCUT2D eigenvalue weighted by Crippen LogP contribution is 2.40. The van der Waals surface area contributed by atoms with Gasteiger partial charge in [0.2, 0.25) is 0 Å². The zero-order valence-corrected chi connectivity index (χ0v) is 17.4. The Morgan fingerprint density at radius 2 is 2.00 bits per heavy atom. The van der Waals surface area contributed by atoms with Crippen molar-refractivity contribution in [2.24, 2.45) is 0 Å². The largest absolute Gasteiger partial charge is 0.376 e. The van der Waals surface area contributed by atoms with Gasteiger partial charge in [0.1, 0.15) is 30.0 Å². The van der Waals surface area contributed by atoms with Crippen molar-refractivity contribution in [1.82, 2.24) is 15.0 Å². The van der Waals surface area contributed by atoms with Crippen LogP contribution in [0.5, 0.6) is 0 Å². The third-order valence-corrected chi connectivity index (χ3v) is 5.54. The van der Waals surface area contributed by atoms with Crippen LogP contribution in [0.3, 0.4) is 0 Å². The van der Waals surface area contributed by atoms with Gasteiger partial charge in [0, 0.05) is 12.7 Å². The summed E-state index contributed by atoms with van der Waals surface area (Å²) in [5.41, 5.74) is 0.248. The quantitative estimate of drug-likeness (QED) is 0.526. The lowest BCUT2D eigenvalue weighted by Gasteiger charge is -2.51. The predicted octanol–water partition coefficient (Wildman–Crippen LogP) is 3.41. The summed E-state index contributed by atoms with van der Waals surface area (Å²) in [4.78, 5) is 0. The van der Waals surface area contributed by atoms with Gasteiger partial charge in [-0.25, -0.2) is 17.9 Å². The van der Waals surface area contributed by atoms with E-state index in [1.54, 1.807) is 31.7 Å². The van der Waals surface area contributed by atoms with E-state index in [0.717, 1.165) is 12.1 Å². The van der Waals surface area contributed by atoms with Crippen LogP contribution >= 0.6 is 0 Å². The number of fused-ring (bicyclic) bond motifs is 1. The highest BCUT2D eigenvalue weighted by Gasteiger charge is 2.52. The molecule has 2 fully saturated rings. The Balaban J connectivity index is 1.73. The van der Waals surface area contributed by atoms with Gasteiger partial charge < -0.3 is 18.9 Å². The molecule has 2 saturated heterocycles. The summed E-state index contributed by atoms with van der Waals surface area (Å²) in [6.45, 7) is 7.70. The number of aromatic nitrogens is 3. The topological polar surface area (TPSA) is 67.6 Å². The lowest BCUT2D eigenvalue weighted by atomic mass is 9.90. The molecular weight excluding hydrogens is 415 g/mol. The normalized spacial score (nSPS) is 30.1. The number of hydrogen-bond donors (Lipinski definition) is 0. The molecule has 0 aliphatic carbocycles. The molecular formula is C21H24F3N3O4. The smallest absolute Gasteiger partial charge is 0.194 e. The first-order valence-corrected chi connectivity index (χ1v) is 9.91. The van der Waals surface area contributed by atoms with E-state index in [4.69, 9.17) is 18.9 Å². The van der Waals surface area contributed by atoms with Crippen LogP contribution in [0.1, 0.15) is 26.3 Å². The number of rotatable bonds is 5. The summed E-state index contributed by atoms with van der Waals surface area (Å²) in [6, 6.07) is 1.29. The predicted molar refractivity (Wildman–Crippen MR) is 104 cm³/mol. The Kier molecular flexibility index (Phi) is 5.91. The maximum absolute atomic E-state index is 13.7. The molecule has 0 saturated carbocycles. The lowest BCUT2D eigenvalue weighted by Crippen LogP contribution is -2.62. The SMILES string of the molecule is C=CC[C@H]1O[C@@H]2COC(C)(C)O[C@@H]2[C@H](n2cc(-c3cc(F)c(F)c(F)c3)nn2)[C@H]1OC. The zero-order valence-electron chi connectivity index (χ0n) is 17.4. The number of benzene rings is 1. The molecule has 2 aliphatic rings. The molecule has 10 heteroatoms. The van der Waals surface area contributed by atoms with Gasteiger partial charge in [-0.1, -0.05) is 11.3 Å². The molecule has 0 bridgehead atoms. The maximum atomic E-state index is 13.7. The van der Waals surface area contributed by atoms with Crippen LogP contribution < -0.4 is 0 Å². The fourth-order valence-electron chi connectivity index (χ4n) is 4.13. The van der Waals surface area contributed by atoms with Crippen molar-refractivity contribution >= 4 is 0 Å². The third kappa shape index (κ3) is 4.12. The van der Waals surface area contributed by atoms with Crippen molar-refractivity contribution in [2.75, 3.05) is 13.7 Å². The van der Waals surface area contributed by atoms with Gasteiger partial charge in [0.05, 0.1) is 18.9 Å². The van der Waals surface area contributed by atoms with Crippen molar-refractivity contribution < 1.29 is 32.1 Å². The second-order valence-electron chi connectivity index (χ2n) is 8.06. The summed E-state index contributed by atoms with van der Waals surface area (Å²) >= 11 is 0. The van der Waals surface area contributed by atoms with Crippen molar-refractivity contribution in [3.63, 3.8) is 0 Å². The fraction of sp³-hybridized carbons (Fsp3) is 0.524. The van der Waals surface area contributed by atoms with Crippen molar-refractivity contribution in [3.8, 4) is 11.3 Å². The number of methoxy groups -OCH3 is 1. The molecule has 7 nitrogen and oxygen atoms in total. The summed E-state index contributed by atoms with van der Waals surface area (Å²) in [7, 11) is 1.56. The first-order valence-electron chi connectivity index (χ1n) is 9.91. The van der Waals surface area contributed by atoms with E-state index in [1.165, 1.54) is 6.20 Å². The molecule has 0 amide bonds. The highest BCUT2D eigenvalue weighted by molar-refractivity contribution is 5.57. The number of ether oxygens (including phenoxy) is 4. The summed E-state index contributed by atoms with van der Waals surface area (Å²) in [5, 5.41) is 8.22. The molecule has 5 atom stereocenters. The Hall–Kier alpha value is -2.27. The summed E-state index contributed by atoms with van der Waals surface area (Å²) < 4.78 is 66.1. The van der Waals surface area contributed by atoms with E-state index in [1.807, 2.05) is 0 Å². The molecule has 0 unspecified atom stereocenters. The van der Waals surface area contributed by atoms with Crippen LogP contribution in [0.2, 0.25) is 0 Å². The maximum Gasteiger partial charge on any atom is 0.194 e. The fourth-order valence-corrected chi connectivity index (χ4v) is 4.13. The van der Waals surface area contributed by atoms with E-state index >= 15 is 0 Å². The monoisotopic (exact) mass is 439 g/mol. The first kappa shape index (κ1) is 21.9. The molecule has 3 heterocycles. The average Bonchev–Trinajstić information content (AvgIpc) is 3.20. The van der Waals surface area contributed by atoms with Crippen molar-refractivity contribution in [3.05, 3.63) is 48.4 Å². The van der Waals surface area contributed by atoms with Crippen molar-refractivity contribution in [2.45, 2.75) is 56.5 Å². The van der Waals surface area contributed by atoms with E-state index in [9.17, 15) is 13.2 Å². The van der Waals surface area contributed by atoms with E-state index in [-0.39, 0.29) is 23.5 Å². The number of hydrogen-bond acceptors (Lipinski definition) is 6. The minimum Gasteiger partial charge on any atom is -0.376 e. The summed E-state index contributed by atoms with van der Waals surface area (Å²) in [6.07, 6.45) is 2.12. The number of halogens is 3. The molecule has 2 aliphatic heterocycles. The van der Waals surface area contributed by atoms with Crippen molar-refractivity contribution in [1.29, 1.82) is 0 Å². The molecule has 31 heavy (non-hydrogen) atoms. The average molecular weight is 439 g/mol. The third-order valence-electron chi connectivity index (χ3n) is 5.54. The molecule has 1 aromatic carbocycles.